The number of nitrogens with zero attached hydrogens (tertiary/aromatic N) is 2. The van der Waals surface area contributed by atoms with Crippen LogP contribution in [0.2, 0.25) is 0 Å². The van der Waals surface area contributed by atoms with Gasteiger partial charge in [-0.25, -0.2) is 0 Å². The Balaban J connectivity index is 2.69. The minimum absolute atomic E-state index is 0.292. The smallest absolute Gasteiger partial charge is 0.0694 e. The zero-order valence-corrected chi connectivity index (χ0v) is 12.3. The van der Waals surface area contributed by atoms with Gasteiger partial charge in [-0.3, -0.25) is 4.68 Å². The first-order valence-electron chi connectivity index (χ1n) is 6.47. The zero-order chi connectivity index (χ0) is 13.2. The first-order chi connectivity index (χ1) is 7.71. The molecule has 3 heteroatoms. The highest BCUT2D eigenvalue weighted by Gasteiger charge is 2.20. The van der Waals surface area contributed by atoms with Crippen LogP contribution in [0.15, 0.2) is 6.20 Å². The first kappa shape index (κ1) is 14.2. The van der Waals surface area contributed by atoms with Gasteiger partial charge in [0.25, 0.3) is 0 Å². The third-order valence-electron chi connectivity index (χ3n) is 3.38. The van der Waals surface area contributed by atoms with Gasteiger partial charge in [-0.05, 0) is 18.3 Å². The van der Waals surface area contributed by atoms with E-state index in [1.54, 1.807) is 0 Å². The number of hydrogen-bond donors (Lipinski definition) is 1. The van der Waals surface area contributed by atoms with E-state index >= 15 is 0 Å². The van der Waals surface area contributed by atoms with Crippen LogP contribution in [0.4, 0.5) is 0 Å². The van der Waals surface area contributed by atoms with Gasteiger partial charge in [0.05, 0.1) is 5.69 Å². The Labute approximate surface area is 106 Å². The largest absolute Gasteiger partial charge is 0.310 e. The monoisotopic (exact) mass is 237 g/mol. The summed E-state index contributed by atoms with van der Waals surface area (Å²) in [6.45, 7) is 14.3. The topological polar surface area (TPSA) is 29.9 Å². The van der Waals surface area contributed by atoms with Gasteiger partial charge in [-0.2, -0.15) is 5.10 Å². The van der Waals surface area contributed by atoms with Gasteiger partial charge in [-0.1, -0.05) is 34.6 Å². The normalized spacial score (nSPS) is 14.4. The lowest BCUT2D eigenvalue weighted by Gasteiger charge is -2.28. The average molecular weight is 237 g/mol. The van der Waals surface area contributed by atoms with Crippen LogP contribution in [-0.4, -0.2) is 15.8 Å². The van der Waals surface area contributed by atoms with E-state index in [2.05, 4.69) is 58.2 Å². The lowest BCUT2D eigenvalue weighted by molar-refractivity contribution is 0.285. The molecule has 0 amide bonds. The van der Waals surface area contributed by atoms with E-state index in [0.717, 1.165) is 6.54 Å². The zero-order valence-electron chi connectivity index (χ0n) is 12.3. The Bertz CT molecular complexity index is 358. The molecule has 1 aromatic rings. The van der Waals surface area contributed by atoms with Crippen molar-refractivity contribution in [3.63, 3.8) is 0 Å². The molecule has 17 heavy (non-hydrogen) atoms. The molecule has 1 unspecified atom stereocenters. The Hall–Kier alpha value is -0.830. The molecule has 3 nitrogen and oxygen atoms in total. The van der Waals surface area contributed by atoms with Crippen molar-refractivity contribution < 1.29 is 0 Å². The van der Waals surface area contributed by atoms with Crippen LogP contribution in [0.25, 0.3) is 0 Å². The third kappa shape index (κ3) is 3.84. The third-order valence-corrected chi connectivity index (χ3v) is 3.38. The number of rotatable bonds is 4. The predicted molar refractivity (Wildman–Crippen MR) is 73.1 cm³/mol. The van der Waals surface area contributed by atoms with Gasteiger partial charge in [-0.15, -0.1) is 0 Å². The Kier molecular flexibility index (Phi) is 4.36. The van der Waals surface area contributed by atoms with Crippen LogP contribution < -0.4 is 5.32 Å². The maximum atomic E-state index is 4.53. The predicted octanol–water partition coefficient (Wildman–Crippen LogP) is 3.07. The molecule has 0 saturated heterocycles. The van der Waals surface area contributed by atoms with E-state index in [9.17, 15) is 0 Å². The van der Waals surface area contributed by atoms with Crippen LogP contribution in [0.1, 0.15) is 58.7 Å². The summed E-state index contributed by atoms with van der Waals surface area (Å²) in [4.78, 5) is 0. The van der Waals surface area contributed by atoms with E-state index < -0.39 is 0 Å². The SMILES string of the molecule is CC(C)c1nn(C)cc1CNC(C)C(C)(C)C. The number of aryl methyl sites for hydroxylation is 1. The van der Waals surface area contributed by atoms with Gasteiger partial charge >= 0.3 is 0 Å². The molecule has 98 valence electrons. The quantitative estimate of drug-likeness (QED) is 0.872. The van der Waals surface area contributed by atoms with Crippen molar-refractivity contribution >= 4 is 0 Å². The van der Waals surface area contributed by atoms with Crippen molar-refractivity contribution in [2.24, 2.45) is 12.5 Å². The second-order valence-corrected chi connectivity index (χ2v) is 6.34. The molecular weight excluding hydrogens is 210 g/mol. The van der Waals surface area contributed by atoms with E-state index in [-0.39, 0.29) is 0 Å². The Morgan fingerprint density at radius 2 is 1.88 bits per heavy atom. The molecule has 0 fully saturated rings. The maximum absolute atomic E-state index is 4.53. The van der Waals surface area contributed by atoms with Crippen LogP contribution in [0.3, 0.4) is 0 Å². The highest BCUT2D eigenvalue weighted by atomic mass is 15.3. The van der Waals surface area contributed by atoms with Crippen molar-refractivity contribution in [1.29, 1.82) is 0 Å². The summed E-state index contributed by atoms with van der Waals surface area (Å²) in [5.74, 6) is 0.484. The van der Waals surface area contributed by atoms with Crippen LogP contribution in [0, 0.1) is 5.41 Å². The lowest BCUT2D eigenvalue weighted by atomic mass is 9.88. The number of aromatic nitrogens is 2. The minimum Gasteiger partial charge on any atom is -0.310 e. The standard InChI is InChI=1S/C14H27N3/c1-10(2)13-12(9-17(7)16-13)8-15-11(3)14(4,5)6/h9-11,15H,8H2,1-7H3. The fraction of sp³-hybridized carbons (Fsp3) is 0.786. The van der Waals surface area contributed by atoms with Crippen molar-refractivity contribution in [3.8, 4) is 0 Å². The maximum Gasteiger partial charge on any atom is 0.0694 e. The van der Waals surface area contributed by atoms with Crippen LogP contribution in [-0.2, 0) is 13.6 Å². The molecule has 0 aromatic carbocycles. The fourth-order valence-corrected chi connectivity index (χ4v) is 1.75. The summed E-state index contributed by atoms with van der Waals surface area (Å²) in [6, 6.07) is 0.489. The fourth-order valence-electron chi connectivity index (χ4n) is 1.75. The van der Waals surface area contributed by atoms with Crippen LogP contribution >= 0.6 is 0 Å². The summed E-state index contributed by atoms with van der Waals surface area (Å²) >= 11 is 0. The summed E-state index contributed by atoms with van der Waals surface area (Å²) in [5.41, 5.74) is 2.82. The summed E-state index contributed by atoms with van der Waals surface area (Å²) in [6.07, 6.45) is 2.12. The molecule has 1 rings (SSSR count). The van der Waals surface area contributed by atoms with Crippen molar-refractivity contribution in [1.82, 2.24) is 15.1 Å². The Morgan fingerprint density at radius 3 is 2.35 bits per heavy atom. The van der Waals surface area contributed by atoms with Gasteiger partial charge in [0.1, 0.15) is 0 Å². The van der Waals surface area contributed by atoms with Crippen molar-refractivity contribution in [2.75, 3.05) is 0 Å². The second-order valence-electron chi connectivity index (χ2n) is 6.34. The van der Waals surface area contributed by atoms with Gasteiger partial charge < -0.3 is 5.32 Å². The molecule has 0 radical (unpaired) electrons. The summed E-state index contributed by atoms with van der Waals surface area (Å²) in [5, 5.41) is 8.12. The molecule has 1 atom stereocenters. The molecule has 0 aliphatic carbocycles. The number of nitrogens with one attached hydrogen (secondary N) is 1. The van der Waals surface area contributed by atoms with Crippen molar-refractivity contribution in [3.05, 3.63) is 17.5 Å². The van der Waals surface area contributed by atoms with E-state index in [0.29, 0.717) is 17.4 Å². The summed E-state index contributed by atoms with van der Waals surface area (Å²) in [7, 11) is 1.99. The molecule has 0 saturated carbocycles. The minimum atomic E-state index is 0.292. The van der Waals surface area contributed by atoms with Gasteiger partial charge in [0, 0.05) is 31.4 Å². The molecule has 0 aliphatic rings. The van der Waals surface area contributed by atoms with Gasteiger partial charge in [0.15, 0.2) is 0 Å². The van der Waals surface area contributed by atoms with E-state index in [1.165, 1.54) is 11.3 Å². The average Bonchev–Trinajstić information content (AvgIpc) is 2.54. The van der Waals surface area contributed by atoms with E-state index in [1.807, 2.05) is 11.7 Å². The molecule has 1 aromatic heterocycles. The van der Waals surface area contributed by atoms with Crippen molar-refractivity contribution in [2.45, 2.75) is 60.0 Å². The van der Waals surface area contributed by atoms with Crippen LogP contribution in [0.5, 0.6) is 0 Å². The lowest BCUT2D eigenvalue weighted by Crippen LogP contribution is -2.37. The second kappa shape index (κ2) is 5.21. The molecule has 0 aliphatic heterocycles. The molecule has 0 bridgehead atoms. The van der Waals surface area contributed by atoms with E-state index in [4.69, 9.17) is 0 Å². The number of hydrogen-bond acceptors (Lipinski definition) is 2. The first-order valence-corrected chi connectivity index (χ1v) is 6.47. The molecule has 1 heterocycles. The highest BCUT2D eigenvalue weighted by Crippen LogP contribution is 2.21. The Morgan fingerprint density at radius 1 is 1.29 bits per heavy atom. The molecule has 1 N–H and O–H groups in total. The highest BCUT2D eigenvalue weighted by molar-refractivity contribution is 5.20. The summed E-state index contributed by atoms with van der Waals surface area (Å²) < 4.78 is 1.91. The van der Waals surface area contributed by atoms with Gasteiger partial charge in [0.2, 0.25) is 0 Å². The molecule has 0 spiro atoms. The molecular formula is C14H27N3.